The van der Waals surface area contributed by atoms with Crippen LogP contribution in [0.1, 0.15) is 10.4 Å². The van der Waals surface area contributed by atoms with Crippen LogP contribution >= 0.6 is 23.2 Å². The maximum absolute atomic E-state index is 12.6. The van der Waals surface area contributed by atoms with Crippen molar-refractivity contribution >= 4 is 46.4 Å². The first-order valence-electron chi connectivity index (χ1n) is 10.6. The number of carbonyl (C=O) groups excluding carboxylic acids is 2. The Morgan fingerprint density at radius 1 is 0.879 bits per heavy atom. The van der Waals surface area contributed by atoms with Crippen LogP contribution in [0.3, 0.4) is 0 Å². The lowest BCUT2D eigenvalue weighted by Crippen LogP contribution is -2.48. The zero-order valence-corrected chi connectivity index (χ0v) is 19.4. The van der Waals surface area contributed by atoms with Gasteiger partial charge in [-0.15, -0.1) is 0 Å². The molecule has 170 valence electrons. The minimum Gasteiger partial charge on any atom is -0.482 e. The van der Waals surface area contributed by atoms with Gasteiger partial charge in [-0.25, -0.2) is 0 Å². The summed E-state index contributed by atoms with van der Waals surface area (Å²) in [6.07, 6.45) is 0. The van der Waals surface area contributed by atoms with Gasteiger partial charge in [-0.3, -0.25) is 9.59 Å². The molecule has 1 aliphatic rings. The van der Waals surface area contributed by atoms with E-state index in [1.807, 2.05) is 59.5 Å². The molecule has 0 bridgehead atoms. The first kappa shape index (κ1) is 23.0. The molecule has 0 aliphatic carbocycles. The van der Waals surface area contributed by atoms with Gasteiger partial charge in [0.1, 0.15) is 5.75 Å². The van der Waals surface area contributed by atoms with Crippen molar-refractivity contribution in [3.8, 4) is 5.75 Å². The van der Waals surface area contributed by atoms with Crippen molar-refractivity contribution < 1.29 is 14.3 Å². The Morgan fingerprint density at radius 2 is 1.58 bits per heavy atom. The van der Waals surface area contributed by atoms with Gasteiger partial charge in [0.2, 0.25) is 0 Å². The lowest BCUT2D eigenvalue weighted by molar-refractivity contribution is -0.118. The summed E-state index contributed by atoms with van der Waals surface area (Å²) in [6, 6.07) is 21.8. The summed E-state index contributed by atoms with van der Waals surface area (Å²) in [7, 11) is 0. The Labute approximate surface area is 202 Å². The second-order valence-corrected chi connectivity index (χ2v) is 8.45. The lowest BCUT2D eigenvalue weighted by Gasteiger charge is -2.36. The molecule has 8 heteroatoms. The lowest BCUT2D eigenvalue weighted by atomic mass is 10.1. The summed E-state index contributed by atoms with van der Waals surface area (Å²) >= 11 is 11.9. The third-order valence-corrected chi connectivity index (χ3v) is 5.89. The SMILES string of the molecule is O=C(COc1ccc(Cl)cc1Cl)Nc1ccc(N2CCN(C(=O)c3ccccc3)CC2)cc1. The topological polar surface area (TPSA) is 61.9 Å². The number of ether oxygens (including phenoxy) is 1. The molecule has 0 saturated carbocycles. The predicted molar refractivity (Wildman–Crippen MR) is 132 cm³/mol. The number of halogens is 2. The number of carbonyl (C=O) groups is 2. The normalized spacial score (nSPS) is 13.5. The Bertz CT molecular complexity index is 1120. The number of anilines is 2. The predicted octanol–water partition coefficient (Wildman–Crippen LogP) is 4.97. The number of hydrogen-bond acceptors (Lipinski definition) is 4. The number of amides is 2. The maximum Gasteiger partial charge on any atom is 0.262 e. The van der Waals surface area contributed by atoms with Crippen LogP contribution in [0.5, 0.6) is 5.75 Å². The second-order valence-electron chi connectivity index (χ2n) is 7.60. The Kier molecular flexibility index (Phi) is 7.37. The van der Waals surface area contributed by atoms with Crippen molar-refractivity contribution in [1.29, 1.82) is 0 Å². The molecule has 0 radical (unpaired) electrons. The molecule has 1 fully saturated rings. The van der Waals surface area contributed by atoms with E-state index < -0.39 is 0 Å². The van der Waals surface area contributed by atoms with Crippen molar-refractivity contribution in [2.24, 2.45) is 0 Å². The average molecular weight is 484 g/mol. The van der Waals surface area contributed by atoms with Crippen LogP contribution in [0.15, 0.2) is 72.8 Å². The smallest absolute Gasteiger partial charge is 0.262 e. The van der Waals surface area contributed by atoms with Gasteiger partial charge in [0.15, 0.2) is 6.61 Å². The van der Waals surface area contributed by atoms with Gasteiger partial charge in [-0.2, -0.15) is 0 Å². The Balaban J connectivity index is 1.26. The summed E-state index contributed by atoms with van der Waals surface area (Å²) in [6.45, 7) is 2.66. The summed E-state index contributed by atoms with van der Waals surface area (Å²) < 4.78 is 5.46. The van der Waals surface area contributed by atoms with E-state index in [-0.39, 0.29) is 18.4 Å². The number of nitrogens with zero attached hydrogens (tertiary/aromatic N) is 2. The van der Waals surface area contributed by atoms with Crippen LogP contribution in [-0.2, 0) is 4.79 Å². The second kappa shape index (κ2) is 10.6. The fourth-order valence-corrected chi connectivity index (χ4v) is 4.08. The molecule has 0 spiro atoms. The van der Waals surface area contributed by atoms with Crippen LogP contribution in [0.2, 0.25) is 10.0 Å². The fraction of sp³-hybridized carbons (Fsp3) is 0.200. The van der Waals surface area contributed by atoms with Gasteiger partial charge in [-0.1, -0.05) is 41.4 Å². The molecule has 2 amide bonds. The minimum atomic E-state index is -0.290. The molecular weight excluding hydrogens is 461 g/mol. The summed E-state index contributed by atoms with van der Waals surface area (Å²) in [5.41, 5.74) is 2.44. The summed E-state index contributed by atoms with van der Waals surface area (Å²) in [4.78, 5) is 28.9. The Hall–Kier alpha value is -3.22. The van der Waals surface area contributed by atoms with Crippen LogP contribution in [0.4, 0.5) is 11.4 Å². The third-order valence-electron chi connectivity index (χ3n) is 5.36. The highest BCUT2D eigenvalue weighted by Crippen LogP contribution is 2.27. The molecule has 1 aliphatic heterocycles. The number of hydrogen-bond donors (Lipinski definition) is 1. The molecule has 0 aromatic heterocycles. The van der Waals surface area contributed by atoms with Crippen LogP contribution in [0, 0.1) is 0 Å². The molecule has 6 nitrogen and oxygen atoms in total. The highest BCUT2D eigenvalue weighted by atomic mass is 35.5. The van der Waals surface area contributed by atoms with E-state index >= 15 is 0 Å². The number of rotatable bonds is 6. The van der Waals surface area contributed by atoms with Gasteiger partial charge >= 0.3 is 0 Å². The zero-order valence-electron chi connectivity index (χ0n) is 17.8. The largest absolute Gasteiger partial charge is 0.482 e. The van der Waals surface area contributed by atoms with Crippen molar-refractivity contribution in [3.05, 3.63) is 88.4 Å². The molecule has 1 N–H and O–H groups in total. The van der Waals surface area contributed by atoms with Crippen LogP contribution in [0.25, 0.3) is 0 Å². The number of nitrogens with one attached hydrogen (secondary N) is 1. The quantitative estimate of drug-likeness (QED) is 0.537. The first-order valence-corrected chi connectivity index (χ1v) is 11.3. The molecule has 1 heterocycles. The van der Waals surface area contributed by atoms with Gasteiger partial charge in [0.25, 0.3) is 11.8 Å². The molecule has 3 aromatic carbocycles. The number of benzene rings is 3. The van der Waals surface area contributed by atoms with Crippen molar-refractivity contribution in [1.82, 2.24) is 4.90 Å². The Morgan fingerprint density at radius 3 is 2.24 bits per heavy atom. The highest BCUT2D eigenvalue weighted by molar-refractivity contribution is 6.35. The van der Waals surface area contributed by atoms with Crippen LogP contribution in [-0.4, -0.2) is 49.5 Å². The monoisotopic (exact) mass is 483 g/mol. The standard InChI is InChI=1S/C25H23Cl2N3O3/c26-19-6-11-23(22(27)16-19)33-17-24(31)28-20-7-9-21(10-8-20)29-12-14-30(15-13-29)25(32)18-4-2-1-3-5-18/h1-11,16H,12-15,17H2,(H,28,31). The average Bonchev–Trinajstić information content (AvgIpc) is 2.84. The molecular formula is C25H23Cl2N3O3. The van der Waals surface area contributed by atoms with Crippen molar-refractivity contribution in [2.45, 2.75) is 0 Å². The number of piperazine rings is 1. The highest BCUT2D eigenvalue weighted by Gasteiger charge is 2.22. The van der Waals surface area contributed by atoms with Gasteiger partial charge in [0.05, 0.1) is 5.02 Å². The van der Waals surface area contributed by atoms with Gasteiger partial charge < -0.3 is 19.9 Å². The van der Waals surface area contributed by atoms with E-state index in [2.05, 4.69) is 10.2 Å². The molecule has 0 unspecified atom stereocenters. The first-order chi connectivity index (χ1) is 16.0. The zero-order chi connectivity index (χ0) is 23.2. The van der Waals surface area contributed by atoms with E-state index in [9.17, 15) is 9.59 Å². The van der Waals surface area contributed by atoms with Crippen LogP contribution < -0.4 is 15.0 Å². The van der Waals surface area contributed by atoms with E-state index in [4.69, 9.17) is 27.9 Å². The molecule has 1 saturated heterocycles. The van der Waals surface area contributed by atoms with Crippen molar-refractivity contribution in [2.75, 3.05) is 43.0 Å². The summed E-state index contributed by atoms with van der Waals surface area (Å²) in [5, 5.41) is 3.66. The molecule has 4 rings (SSSR count). The van der Waals surface area contributed by atoms with Gasteiger partial charge in [0, 0.05) is 48.1 Å². The van der Waals surface area contributed by atoms with E-state index in [0.29, 0.717) is 40.1 Å². The van der Waals surface area contributed by atoms with Crippen molar-refractivity contribution in [3.63, 3.8) is 0 Å². The summed E-state index contributed by atoms with van der Waals surface area (Å²) in [5.74, 6) is 0.175. The third kappa shape index (κ3) is 5.97. The van der Waals surface area contributed by atoms with E-state index in [0.717, 1.165) is 18.8 Å². The van der Waals surface area contributed by atoms with E-state index in [1.54, 1.807) is 18.2 Å². The van der Waals surface area contributed by atoms with Gasteiger partial charge in [-0.05, 0) is 54.6 Å². The van der Waals surface area contributed by atoms with E-state index in [1.165, 1.54) is 0 Å². The fourth-order valence-electron chi connectivity index (χ4n) is 3.62. The maximum atomic E-state index is 12.6. The molecule has 3 aromatic rings. The molecule has 33 heavy (non-hydrogen) atoms. The molecule has 0 atom stereocenters. The minimum absolute atomic E-state index is 0.0652.